The summed E-state index contributed by atoms with van der Waals surface area (Å²) in [5, 5.41) is 35.8. The molecule has 0 aromatic rings. The monoisotopic (exact) mass is 1470 g/mol. The van der Waals surface area contributed by atoms with Crippen LogP contribution in [0.15, 0.2) is 0 Å². The minimum Gasteiger partial charge on any atom is -0.481 e. The van der Waals surface area contributed by atoms with Gasteiger partial charge in [-0.2, -0.15) is 0 Å². The Labute approximate surface area is 630 Å². The second-order valence-corrected chi connectivity index (χ2v) is 30.3. The van der Waals surface area contributed by atoms with E-state index in [0.717, 1.165) is 128 Å². The number of carbonyl (C=O) groups is 10. The fraction of sp³-hybridized carbons (Fsp3) is 0.880. The van der Waals surface area contributed by atoms with Gasteiger partial charge < -0.3 is 51.6 Å². The average molecular weight is 1470 g/mol. The van der Waals surface area contributed by atoms with E-state index in [4.69, 9.17) is 14.6 Å². The predicted molar refractivity (Wildman–Crippen MR) is 417 cm³/mol. The van der Waals surface area contributed by atoms with E-state index in [1.165, 1.54) is 146 Å². The minimum atomic E-state index is -1.26. The number of carboxylic acids is 2. The van der Waals surface area contributed by atoms with Crippen LogP contribution in [0.1, 0.15) is 388 Å². The molecule has 0 aliphatic carbocycles. The molecule has 0 spiro atoms. The molecule has 1 rings (SSSR count). The van der Waals surface area contributed by atoms with Crippen LogP contribution in [0.4, 0.5) is 0 Å². The van der Waals surface area contributed by atoms with Crippen LogP contribution in [-0.4, -0.2) is 145 Å². The molecule has 0 aromatic carbocycles. The van der Waals surface area contributed by atoms with Gasteiger partial charge in [-0.3, -0.25) is 48.1 Å². The molecule has 0 aromatic heterocycles. The molecule has 8 amide bonds. The molecule has 1 heterocycles. The van der Waals surface area contributed by atoms with Crippen LogP contribution in [-0.2, 0) is 57.4 Å². The van der Waals surface area contributed by atoms with Crippen molar-refractivity contribution in [2.24, 2.45) is 11.8 Å². The van der Waals surface area contributed by atoms with E-state index in [0.29, 0.717) is 57.9 Å². The van der Waals surface area contributed by atoms with Crippen molar-refractivity contribution in [3.05, 3.63) is 0 Å². The third-order valence-corrected chi connectivity index (χ3v) is 20.4. The summed E-state index contributed by atoms with van der Waals surface area (Å²) in [4.78, 5) is 132. The molecule has 5 atom stereocenters. The van der Waals surface area contributed by atoms with Crippen LogP contribution in [0.5, 0.6) is 0 Å². The van der Waals surface area contributed by atoms with Crippen molar-refractivity contribution in [2.45, 2.75) is 412 Å². The number of likely N-dealkylation sites (tertiary alicyclic amines) is 1. The molecule has 5 unspecified atom stereocenters. The number of imide groups is 1. The van der Waals surface area contributed by atoms with E-state index in [-0.39, 0.29) is 113 Å². The number of carboxylic acid groups (broad SMARTS) is 2. The van der Waals surface area contributed by atoms with Crippen LogP contribution in [0.25, 0.3) is 0 Å². The Hall–Kier alpha value is -5.18. The largest absolute Gasteiger partial charge is 0.481 e. The normalized spacial score (nSPS) is 14.1. The molecule has 21 nitrogen and oxygen atoms in total. The number of nitrogens with zero attached hydrogens (tertiary/aromatic N) is 1. The van der Waals surface area contributed by atoms with Gasteiger partial charge in [0.2, 0.25) is 47.3 Å². The Morgan fingerprint density at radius 3 is 1.09 bits per heavy atom. The number of carbonyl (C=O) groups excluding carboxylic acids is 8. The molecule has 104 heavy (non-hydrogen) atoms. The van der Waals surface area contributed by atoms with Gasteiger partial charge in [-0.25, -0.2) is 4.79 Å². The highest BCUT2D eigenvalue weighted by Gasteiger charge is 2.39. The lowest BCUT2D eigenvalue weighted by Gasteiger charge is -2.26. The zero-order chi connectivity index (χ0) is 76.3. The summed E-state index contributed by atoms with van der Waals surface area (Å²) in [6.45, 7) is 11.4. The predicted octanol–water partition coefficient (Wildman–Crippen LogP) is 16.5. The second kappa shape index (κ2) is 68.4. The smallest absolute Gasteiger partial charge is 0.328 e. The Morgan fingerprint density at radius 1 is 0.375 bits per heavy atom. The maximum absolute atomic E-state index is 14.7. The van der Waals surface area contributed by atoms with E-state index in [2.05, 4.69) is 52.7 Å². The van der Waals surface area contributed by atoms with E-state index in [1.807, 2.05) is 13.8 Å². The van der Waals surface area contributed by atoms with Crippen LogP contribution in [0.2, 0.25) is 0 Å². The number of ether oxygens (including phenoxy) is 2. The molecule has 1 saturated heterocycles. The van der Waals surface area contributed by atoms with E-state index >= 15 is 0 Å². The minimum absolute atomic E-state index is 0.0306. The van der Waals surface area contributed by atoms with E-state index < -0.39 is 53.8 Å². The van der Waals surface area contributed by atoms with Gasteiger partial charge in [-0.1, -0.05) is 311 Å². The number of amides is 8. The Morgan fingerprint density at radius 2 is 0.712 bits per heavy atom. The van der Waals surface area contributed by atoms with Crippen molar-refractivity contribution in [3.63, 3.8) is 0 Å². The first-order chi connectivity index (χ1) is 50.4. The molecular weight excluding hydrogens is 1320 g/mol. The van der Waals surface area contributed by atoms with Crippen LogP contribution in [0, 0.1) is 11.8 Å². The van der Waals surface area contributed by atoms with Crippen molar-refractivity contribution >= 4 is 59.2 Å². The lowest BCUT2D eigenvalue weighted by atomic mass is 9.94. The van der Waals surface area contributed by atoms with Gasteiger partial charge >= 0.3 is 11.9 Å². The van der Waals surface area contributed by atoms with Crippen molar-refractivity contribution in [1.29, 1.82) is 0 Å². The third-order valence-electron chi connectivity index (χ3n) is 20.4. The summed E-state index contributed by atoms with van der Waals surface area (Å²) in [6, 6.07) is -3.94. The first-order valence-electron chi connectivity index (χ1n) is 42.6. The standard InChI is InChI=1S/C83H153N7O14/c1-6-9-12-15-18-21-30-35-40-46-53-70(79(97)84-60-63-104-65-64-103-62-59-74(91)85-67-73(83(101)102)87-76(93)56-49-43-38-33-28-26-24-25-27-29-34-39-44-51-58-78(95)96)88-81(99)72(55-48-42-37-32-23-20-17-14-11-8-3)89-80(98)71(54-47-41-36-31-22-19-16-13-10-7-2)86-75(92)57-50-45-52-61-90-77(94)66-69(68(4)5)82(90)100/h68-73H,6-67H2,1-5H3,(H,84,97)(H,85,91)(H,86,92)(H,87,93)(H,88,99)(H,89,98)(H,95,96)(H,101,102). The zero-order valence-corrected chi connectivity index (χ0v) is 66.5. The highest BCUT2D eigenvalue weighted by molar-refractivity contribution is 6.03. The number of unbranched alkanes of at least 4 members (excludes halogenated alkanes) is 42. The van der Waals surface area contributed by atoms with Crippen molar-refractivity contribution < 1.29 is 67.6 Å². The molecule has 0 radical (unpaired) electrons. The van der Waals surface area contributed by atoms with Crippen LogP contribution < -0.4 is 31.9 Å². The molecule has 1 aliphatic heterocycles. The van der Waals surface area contributed by atoms with Gasteiger partial charge in [0.15, 0.2) is 0 Å². The third kappa shape index (κ3) is 55.3. The molecule has 0 bridgehead atoms. The number of hydrogen-bond donors (Lipinski definition) is 8. The van der Waals surface area contributed by atoms with Crippen molar-refractivity contribution in [1.82, 2.24) is 36.8 Å². The fourth-order valence-electron chi connectivity index (χ4n) is 13.6. The van der Waals surface area contributed by atoms with Crippen molar-refractivity contribution in [3.8, 4) is 0 Å². The first-order valence-corrected chi connectivity index (χ1v) is 42.6. The maximum Gasteiger partial charge on any atom is 0.328 e. The maximum atomic E-state index is 14.7. The van der Waals surface area contributed by atoms with Crippen molar-refractivity contribution in [2.75, 3.05) is 46.1 Å². The van der Waals surface area contributed by atoms with Gasteiger partial charge in [0, 0.05) is 57.7 Å². The Kier molecular flexibility index (Phi) is 63.6. The summed E-state index contributed by atoms with van der Waals surface area (Å²) in [7, 11) is 0. The van der Waals surface area contributed by atoms with Gasteiger partial charge in [-0.05, 0) is 50.9 Å². The number of rotatable bonds is 76. The average Bonchev–Trinajstić information content (AvgIpc) is 1.69. The van der Waals surface area contributed by atoms with Gasteiger partial charge in [-0.15, -0.1) is 0 Å². The second-order valence-electron chi connectivity index (χ2n) is 30.3. The number of hydrogen-bond acceptors (Lipinski definition) is 12. The summed E-state index contributed by atoms with van der Waals surface area (Å²) < 4.78 is 11.4. The molecule has 8 N–H and O–H groups in total. The molecular formula is C83H153N7O14. The van der Waals surface area contributed by atoms with Gasteiger partial charge in [0.25, 0.3) is 0 Å². The zero-order valence-electron chi connectivity index (χ0n) is 66.5. The number of nitrogens with one attached hydrogen (secondary N) is 6. The Balaban J connectivity index is 2.92. The highest BCUT2D eigenvalue weighted by atomic mass is 16.5. The molecule has 1 aliphatic rings. The lowest BCUT2D eigenvalue weighted by Crippen LogP contribution is -2.56. The Bertz CT molecular complexity index is 2240. The lowest BCUT2D eigenvalue weighted by molar-refractivity contribution is -0.142. The fourth-order valence-corrected chi connectivity index (χ4v) is 13.6. The molecule has 1 fully saturated rings. The summed E-state index contributed by atoms with van der Waals surface area (Å²) in [6.07, 6.45) is 51.9. The summed E-state index contributed by atoms with van der Waals surface area (Å²) in [5.41, 5.74) is 0. The molecule has 604 valence electrons. The topological polar surface area (TPSA) is 305 Å². The number of aliphatic carboxylic acids is 2. The molecule has 21 heteroatoms. The van der Waals surface area contributed by atoms with Gasteiger partial charge in [0.1, 0.15) is 24.2 Å². The SMILES string of the molecule is CCCCCCCCCCCCC(NC(=O)CCCCCN1C(=O)CC(C(C)C)C1=O)C(=O)NC(CCCCCCCCCCCC)C(=O)NC(CCCCCCCCCCCC)C(=O)NCCOCCOCCC(=O)NCC(NC(=O)CCCCCCCCCCCCCCCCC(=O)O)C(=O)O. The summed E-state index contributed by atoms with van der Waals surface area (Å²) >= 11 is 0. The van der Waals surface area contributed by atoms with Crippen LogP contribution >= 0.6 is 0 Å². The molecule has 0 saturated carbocycles. The quantitative estimate of drug-likeness (QED) is 0.0207. The highest BCUT2D eigenvalue weighted by Crippen LogP contribution is 2.27. The summed E-state index contributed by atoms with van der Waals surface area (Å²) in [5.74, 6) is -4.67. The van der Waals surface area contributed by atoms with E-state index in [9.17, 15) is 53.1 Å². The van der Waals surface area contributed by atoms with Gasteiger partial charge in [0.05, 0.1) is 26.4 Å². The van der Waals surface area contributed by atoms with Crippen LogP contribution in [0.3, 0.4) is 0 Å². The van der Waals surface area contributed by atoms with E-state index in [1.54, 1.807) is 0 Å². The first kappa shape index (κ1) is 96.8.